The van der Waals surface area contributed by atoms with Crippen LogP contribution in [0.3, 0.4) is 0 Å². The smallest absolute Gasteiger partial charge is 0.225 e. The fourth-order valence-electron chi connectivity index (χ4n) is 1.18. The maximum absolute atomic E-state index is 11.4. The summed E-state index contributed by atoms with van der Waals surface area (Å²) >= 11 is 0. The molecule has 1 aromatic heterocycles. The van der Waals surface area contributed by atoms with Crippen molar-refractivity contribution in [2.45, 2.75) is 20.3 Å². The molecule has 5 heteroatoms. The van der Waals surface area contributed by atoms with E-state index in [9.17, 15) is 4.79 Å². The molecule has 78 valence electrons. The number of rotatable bonds is 4. The van der Waals surface area contributed by atoms with Gasteiger partial charge in [0.2, 0.25) is 5.91 Å². The normalized spacial score (nSPS) is 10.2. The Morgan fingerprint density at radius 2 is 2.21 bits per heavy atom. The Hall–Kier alpha value is -1.36. The van der Waals surface area contributed by atoms with E-state index in [1.54, 1.807) is 0 Å². The standard InChI is InChI=1S/C9H16N4O/c1-6-9(7(2)13-12-6)11-8(14)4-5-10-3/h10H,4-5H2,1-3H3,(H,11,14)(H,12,13). The first-order valence-corrected chi connectivity index (χ1v) is 4.61. The highest BCUT2D eigenvalue weighted by Crippen LogP contribution is 2.15. The van der Waals surface area contributed by atoms with Gasteiger partial charge in [-0.05, 0) is 20.9 Å². The highest BCUT2D eigenvalue weighted by atomic mass is 16.1. The molecule has 0 saturated carbocycles. The van der Waals surface area contributed by atoms with E-state index < -0.39 is 0 Å². The van der Waals surface area contributed by atoms with E-state index in [4.69, 9.17) is 0 Å². The van der Waals surface area contributed by atoms with Crippen molar-refractivity contribution in [2.24, 2.45) is 0 Å². The number of carbonyl (C=O) groups is 1. The van der Waals surface area contributed by atoms with Crippen LogP contribution in [0.1, 0.15) is 17.8 Å². The SMILES string of the molecule is CNCCC(=O)Nc1c(C)n[nH]c1C. The third-order valence-electron chi connectivity index (χ3n) is 1.99. The topological polar surface area (TPSA) is 69.8 Å². The molecule has 0 bridgehead atoms. The van der Waals surface area contributed by atoms with Crippen molar-refractivity contribution in [3.63, 3.8) is 0 Å². The molecule has 0 aromatic carbocycles. The van der Waals surface area contributed by atoms with Gasteiger partial charge in [-0.25, -0.2) is 0 Å². The average Bonchev–Trinajstić information content (AvgIpc) is 2.46. The molecule has 1 amide bonds. The number of nitrogens with zero attached hydrogens (tertiary/aromatic N) is 1. The third-order valence-corrected chi connectivity index (χ3v) is 1.99. The van der Waals surface area contributed by atoms with E-state index in [1.807, 2.05) is 20.9 Å². The summed E-state index contributed by atoms with van der Waals surface area (Å²) in [6.07, 6.45) is 0.473. The van der Waals surface area contributed by atoms with E-state index >= 15 is 0 Å². The maximum atomic E-state index is 11.4. The molecule has 0 aliphatic rings. The van der Waals surface area contributed by atoms with E-state index in [2.05, 4.69) is 20.8 Å². The van der Waals surface area contributed by atoms with E-state index in [1.165, 1.54) is 0 Å². The number of aryl methyl sites for hydroxylation is 2. The second-order valence-corrected chi connectivity index (χ2v) is 3.21. The summed E-state index contributed by atoms with van der Waals surface area (Å²) in [5.41, 5.74) is 2.51. The van der Waals surface area contributed by atoms with Crippen molar-refractivity contribution in [3.05, 3.63) is 11.4 Å². The summed E-state index contributed by atoms with van der Waals surface area (Å²) < 4.78 is 0. The van der Waals surface area contributed by atoms with Crippen LogP contribution in [0.15, 0.2) is 0 Å². The number of H-pyrrole nitrogens is 1. The molecule has 5 nitrogen and oxygen atoms in total. The first-order chi connectivity index (χ1) is 6.65. The number of anilines is 1. The van der Waals surface area contributed by atoms with Crippen LogP contribution in [0.25, 0.3) is 0 Å². The van der Waals surface area contributed by atoms with Crippen molar-refractivity contribution in [3.8, 4) is 0 Å². The molecule has 1 heterocycles. The second-order valence-electron chi connectivity index (χ2n) is 3.21. The van der Waals surface area contributed by atoms with Crippen LogP contribution in [0, 0.1) is 13.8 Å². The van der Waals surface area contributed by atoms with Gasteiger partial charge in [-0.2, -0.15) is 5.10 Å². The summed E-state index contributed by atoms with van der Waals surface area (Å²) in [4.78, 5) is 11.4. The van der Waals surface area contributed by atoms with Crippen molar-refractivity contribution in [2.75, 3.05) is 18.9 Å². The number of hydrogen-bond donors (Lipinski definition) is 3. The predicted octanol–water partition coefficient (Wildman–Crippen LogP) is 0.575. The summed E-state index contributed by atoms with van der Waals surface area (Å²) in [5, 5.41) is 12.6. The van der Waals surface area contributed by atoms with Crippen LogP contribution in [0.2, 0.25) is 0 Å². The van der Waals surface area contributed by atoms with Gasteiger partial charge in [0.25, 0.3) is 0 Å². The molecule has 0 unspecified atom stereocenters. The Morgan fingerprint density at radius 3 is 2.71 bits per heavy atom. The Balaban J connectivity index is 2.55. The van der Waals surface area contributed by atoms with Gasteiger partial charge < -0.3 is 10.6 Å². The molecule has 0 fully saturated rings. The molecule has 1 aromatic rings. The summed E-state index contributed by atoms with van der Waals surface area (Å²) in [6, 6.07) is 0. The molecular weight excluding hydrogens is 180 g/mol. The molecule has 1 rings (SSSR count). The number of aromatic nitrogens is 2. The highest BCUT2D eigenvalue weighted by Gasteiger charge is 2.08. The monoisotopic (exact) mass is 196 g/mol. The van der Waals surface area contributed by atoms with Gasteiger partial charge in [0.05, 0.1) is 17.1 Å². The van der Waals surface area contributed by atoms with Gasteiger partial charge >= 0.3 is 0 Å². The van der Waals surface area contributed by atoms with Gasteiger partial charge in [0.15, 0.2) is 0 Å². The Labute approximate surface area is 83.3 Å². The third kappa shape index (κ3) is 2.56. The van der Waals surface area contributed by atoms with Gasteiger partial charge in [0.1, 0.15) is 0 Å². The minimum Gasteiger partial charge on any atom is -0.323 e. The van der Waals surface area contributed by atoms with Crippen molar-refractivity contribution >= 4 is 11.6 Å². The van der Waals surface area contributed by atoms with E-state index in [-0.39, 0.29) is 5.91 Å². The maximum Gasteiger partial charge on any atom is 0.225 e. The number of nitrogens with one attached hydrogen (secondary N) is 3. The van der Waals surface area contributed by atoms with Gasteiger partial charge in [0, 0.05) is 13.0 Å². The Morgan fingerprint density at radius 1 is 1.50 bits per heavy atom. The zero-order valence-corrected chi connectivity index (χ0v) is 8.77. The summed E-state index contributed by atoms with van der Waals surface area (Å²) in [7, 11) is 1.82. The zero-order chi connectivity index (χ0) is 10.6. The molecule has 0 radical (unpaired) electrons. The Kier molecular flexibility index (Phi) is 3.64. The second kappa shape index (κ2) is 4.76. The molecule has 0 aliphatic heterocycles. The number of hydrogen-bond acceptors (Lipinski definition) is 3. The van der Waals surface area contributed by atoms with E-state index in [0.29, 0.717) is 13.0 Å². The molecule has 14 heavy (non-hydrogen) atoms. The first kappa shape index (κ1) is 10.7. The van der Waals surface area contributed by atoms with Crippen LogP contribution in [0.5, 0.6) is 0 Å². The lowest BCUT2D eigenvalue weighted by Gasteiger charge is -2.04. The molecule has 0 saturated heterocycles. The quantitative estimate of drug-likeness (QED) is 0.659. The summed E-state index contributed by atoms with van der Waals surface area (Å²) in [6.45, 7) is 4.42. The molecule has 0 spiro atoms. The fraction of sp³-hybridized carbons (Fsp3) is 0.556. The van der Waals surface area contributed by atoms with E-state index in [0.717, 1.165) is 17.1 Å². The van der Waals surface area contributed by atoms with Crippen molar-refractivity contribution in [1.29, 1.82) is 0 Å². The van der Waals surface area contributed by atoms with Crippen molar-refractivity contribution in [1.82, 2.24) is 15.5 Å². The lowest BCUT2D eigenvalue weighted by atomic mass is 10.3. The lowest BCUT2D eigenvalue weighted by Crippen LogP contribution is -2.19. The van der Waals surface area contributed by atoms with Gasteiger partial charge in [-0.15, -0.1) is 0 Å². The van der Waals surface area contributed by atoms with Crippen molar-refractivity contribution < 1.29 is 4.79 Å². The van der Waals surface area contributed by atoms with Crippen LogP contribution in [-0.4, -0.2) is 29.7 Å². The lowest BCUT2D eigenvalue weighted by molar-refractivity contribution is -0.116. The number of aromatic amines is 1. The van der Waals surface area contributed by atoms with Crippen LogP contribution < -0.4 is 10.6 Å². The predicted molar refractivity (Wildman–Crippen MR) is 55.2 cm³/mol. The van der Waals surface area contributed by atoms with Crippen LogP contribution in [0.4, 0.5) is 5.69 Å². The van der Waals surface area contributed by atoms with Crippen LogP contribution in [-0.2, 0) is 4.79 Å². The number of carbonyl (C=O) groups excluding carboxylic acids is 1. The largest absolute Gasteiger partial charge is 0.323 e. The molecule has 0 atom stereocenters. The minimum absolute atomic E-state index is 0.00644. The molecular formula is C9H16N4O. The fourth-order valence-corrected chi connectivity index (χ4v) is 1.18. The van der Waals surface area contributed by atoms with Gasteiger partial charge in [-0.3, -0.25) is 9.89 Å². The van der Waals surface area contributed by atoms with Crippen LogP contribution >= 0.6 is 0 Å². The molecule has 0 aliphatic carbocycles. The summed E-state index contributed by atoms with van der Waals surface area (Å²) in [5.74, 6) is 0.00644. The average molecular weight is 196 g/mol. The highest BCUT2D eigenvalue weighted by molar-refractivity contribution is 5.91. The number of amides is 1. The van der Waals surface area contributed by atoms with Gasteiger partial charge in [-0.1, -0.05) is 0 Å². The minimum atomic E-state index is 0.00644. The Bertz CT molecular complexity index is 299. The first-order valence-electron chi connectivity index (χ1n) is 4.61. The molecule has 3 N–H and O–H groups in total. The zero-order valence-electron chi connectivity index (χ0n) is 8.77.